The van der Waals surface area contributed by atoms with Crippen molar-refractivity contribution in [2.24, 2.45) is 5.84 Å². The van der Waals surface area contributed by atoms with Crippen LogP contribution in [0.5, 0.6) is 5.75 Å². The molecule has 1 amide bonds. The first-order valence-electron chi connectivity index (χ1n) is 6.54. The quantitative estimate of drug-likeness (QED) is 0.572. The van der Waals surface area contributed by atoms with Crippen molar-refractivity contribution in [3.8, 4) is 5.75 Å². The number of rotatable bonds is 5. The van der Waals surface area contributed by atoms with Crippen LogP contribution >= 0.6 is 11.6 Å². The molecule has 0 radical (unpaired) electrons. The molecule has 6 nitrogen and oxygen atoms in total. The minimum absolute atomic E-state index is 0.0755. The number of nitrogens with one attached hydrogen (secondary N) is 2. The number of halogens is 2. The number of hydrazine groups is 1. The molecule has 1 fully saturated rings. The van der Waals surface area contributed by atoms with Gasteiger partial charge in [-0.3, -0.25) is 11.3 Å². The molecule has 1 aliphatic heterocycles. The van der Waals surface area contributed by atoms with Crippen molar-refractivity contribution < 1.29 is 18.7 Å². The monoisotopic (exact) mass is 317 g/mol. The molecule has 0 unspecified atom stereocenters. The molecule has 1 aliphatic rings. The fraction of sp³-hybridized carbons (Fsp3) is 0.462. The maximum Gasteiger partial charge on any atom is 0.407 e. The average molecular weight is 318 g/mol. The first-order valence-corrected chi connectivity index (χ1v) is 6.92. The number of amides is 1. The predicted octanol–water partition coefficient (Wildman–Crippen LogP) is 2.18. The van der Waals surface area contributed by atoms with Crippen molar-refractivity contribution >= 4 is 17.7 Å². The Balaban J connectivity index is 2.59. The topological polar surface area (TPSA) is 85.6 Å². The van der Waals surface area contributed by atoms with Gasteiger partial charge in [0.2, 0.25) is 0 Å². The lowest BCUT2D eigenvalue weighted by molar-refractivity contribution is 0.137. The van der Waals surface area contributed by atoms with Gasteiger partial charge in [-0.2, -0.15) is 0 Å². The van der Waals surface area contributed by atoms with E-state index in [1.165, 1.54) is 6.07 Å². The Labute approximate surface area is 126 Å². The standard InChI is InChI=1S/C13H17ClFN3O3/c1-3-20-12-7(6(2)18-16)4-8(14)11(15)10(12)9-5-17-13(19)21-9/h4,6,9,18H,3,5,16H2,1-2H3,(H,17,19)/t6-,9-/m0/s1. The van der Waals surface area contributed by atoms with E-state index in [2.05, 4.69) is 10.7 Å². The molecule has 0 aliphatic carbocycles. The van der Waals surface area contributed by atoms with E-state index >= 15 is 0 Å². The van der Waals surface area contributed by atoms with Gasteiger partial charge in [-0.05, 0) is 19.9 Å². The van der Waals surface area contributed by atoms with Gasteiger partial charge in [0.1, 0.15) is 5.75 Å². The number of hydrogen-bond acceptors (Lipinski definition) is 5. The molecular formula is C13H17ClFN3O3. The molecule has 2 rings (SSSR count). The van der Waals surface area contributed by atoms with Crippen molar-refractivity contribution in [3.63, 3.8) is 0 Å². The van der Waals surface area contributed by atoms with E-state index in [0.717, 1.165) is 0 Å². The average Bonchev–Trinajstić information content (AvgIpc) is 2.88. The number of carbonyl (C=O) groups is 1. The van der Waals surface area contributed by atoms with Crippen LogP contribution in [0.15, 0.2) is 6.07 Å². The maximum atomic E-state index is 14.4. The summed E-state index contributed by atoms with van der Waals surface area (Å²) in [7, 11) is 0. The van der Waals surface area contributed by atoms with Gasteiger partial charge in [-0.25, -0.2) is 9.18 Å². The van der Waals surface area contributed by atoms with Crippen LogP contribution in [0.2, 0.25) is 5.02 Å². The predicted molar refractivity (Wildman–Crippen MR) is 75.5 cm³/mol. The molecule has 1 saturated heterocycles. The van der Waals surface area contributed by atoms with Crippen LogP contribution in [0.4, 0.5) is 9.18 Å². The molecule has 116 valence electrons. The van der Waals surface area contributed by atoms with Crippen LogP contribution in [-0.4, -0.2) is 19.2 Å². The van der Waals surface area contributed by atoms with Crippen molar-refractivity contribution in [2.45, 2.75) is 26.0 Å². The second-order valence-corrected chi connectivity index (χ2v) is 5.01. The van der Waals surface area contributed by atoms with Crippen LogP contribution in [0.1, 0.15) is 37.1 Å². The molecule has 0 bridgehead atoms. The zero-order valence-electron chi connectivity index (χ0n) is 11.7. The lowest BCUT2D eigenvalue weighted by Gasteiger charge is -2.22. The molecule has 1 aromatic carbocycles. The number of nitrogens with two attached hydrogens (primary N) is 1. The number of carbonyl (C=O) groups excluding carboxylic acids is 1. The minimum atomic E-state index is -0.790. The number of hydrogen-bond donors (Lipinski definition) is 3. The highest BCUT2D eigenvalue weighted by Crippen LogP contribution is 2.40. The summed E-state index contributed by atoms with van der Waals surface area (Å²) < 4.78 is 25.0. The SMILES string of the molecule is CCOc1c([C@H](C)NN)cc(Cl)c(F)c1[C@@H]1CNC(=O)O1. The van der Waals surface area contributed by atoms with Crippen molar-refractivity contribution in [1.82, 2.24) is 10.7 Å². The lowest BCUT2D eigenvalue weighted by atomic mass is 9.99. The smallest absolute Gasteiger partial charge is 0.407 e. The Morgan fingerprint density at radius 1 is 1.71 bits per heavy atom. The van der Waals surface area contributed by atoms with E-state index < -0.39 is 18.0 Å². The van der Waals surface area contributed by atoms with Crippen LogP contribution < -0.4 is 21.3 Å². The summed E-state index contributed by atoms with van der Waals surface area (Å²) >= 11 is 5.95. The highest BCUT2D eigenvalue weighted by Gasteiger charge is 2.33. The van der Waals surface area contributed by atoms with E-state index in [9.17, 15) is 9.18 Å². The van der Waals surface area contributed by atoms with Crippen LogP contribution in [0, 0.1) is 5.82 Å². The zero-order valence-corrected chi connectivity index (χ0v) is 12.5. The normalized spacial score (nSPS) is 19.1. The highest BCUT2D eigenvalue weighted by molar-refractivity contribution is 6.31. The van der Waals surface area contributed by atoms with Crippen LogP contribution in [0.25, 0.3) is 0 Å². The molecule has 1 aromatic rings. The van der Waals surface area contributed by atoms with Crippen LogP contribution in [0.3, 0.4) is 0 Å². The summed E-state index contributed by atoms with van der Waals surface area (Å²) in [6.45, 7) is 4.04. The highest BCUT2D eigenvalue weighted by atomic mass is 35.5. The van der Waals surface area contributed by atoms with Gasteiger partial charge in [-0.1, -0.05) is 11.6 Å². The third kappa shape index (κ3) is 3.04. The Morgan fingerprint density at radius 2 is 2.43 bits per heavy atom. The fourth-order valence-electron chi connectivity index (χ4n) is 2.20. The Kier molecular flexibility index (Phi) is 4.87. The third-order valence-corrected chi connectivity index (χ3v) is 3.52. The van der Waals surface area contributed by atoms with E-state index in [-0.39, 0.29) is 23.2 Å². The number of cyclic esters (lactones) is 1. The number of benzene rings is 1. The van der Waals surface area contributed by atoms with E-state index in [1.807, 2.05) is 0 Å². The van der Waals surface area contributed by atoms with E-state index in [1.54, 1.807) is 13.8 Å². The Morgan fingerprint density at radius 3 is 2.95 bits per heavy atom. The molecule has 2 atom stereocenters. The molecule has 21 heavy (non-hydrogen) atoms. The molecule has 1 heterocycles. The third-order valence-electron chi connectivity index (χ3n) is 3.24. The second kappa shape index (κ2) is 6.46. The van der Waals surface area contributed by atoms with E-state index in [4.69, 9.17) is 26.9 Å². The van der Waals surface area contributed by atoms with Gasteiger partial charge in [-0.15, -0.1) is 0 Å². The molecule has 0 spiro atoms. The minimum Gasteiger partial charge on any atom is -0.493 e. The second-order valence-electron chi connectivity index (χ2n) is 4.60. The van der Waals surface area contributed by atoms with Gasteiger partial charge in [0.05, 0.1) is 23.7 Å². The van der Waals surface area contributed by atoms with Gasteiger partial charge in [0.25, 0.3) is 0 Å². The largest absolute Gasteiger partial charge is 0.493 e. The summed E-state index contributed by atoms with van der Waals surface area (Å²) in [5.41, 5.74) is 3.29. The molecule has 0 aromatic heterocycles. The van der Waals surface area contributed by atoms with Crippen molar-refractivity contribution in [1.29, 1.82) is 0 Å². The first kappa shape index (κ1) is 15.8. The molecule has 8 heteroatoms. The summed E-state index contributed by atoms with van der Waals surface area (Å²) in [4.78, 5) is 11.2. The van der Waals surface area contributed by atoms with E-state index in [0.29, 0.717) is 17.9 Å². The maximum absolute atomic E-state index is 14.4. The summed E-state index contributed by atoms with van der Waals surface area (Å²) in [5.74, 6) is 5.08. The molecular weight excluding hydrogens is 301 g/mol. The Hall–Kier alpha value is -1.57. The van der Waals surface area contributed by atoms with Crippen molar-refractivity contribution in [3.05, 3.63) is 28.0 Å². The zero-order chi connectivity index (χ0) is 15.6. The number of alkyl carbamates (subject to hydrolysis) is 1. The van der Waals surface area contributed by atoms with Gasteiger partial charge < -0.3 is 14.8 Å². The summed E-state index contributed by atoms with van der Waals surface area (Å²) in [5, 5.41) is 2.40. The van der Waals surface area contributed by atoms with Crippen molar-refractivity contribution in [2.75, 3.05) is 13.2 Å². The molecule has 4 N–H and O–H groups in total. The van der Waals surface area contributed by atoms with Gasteiger partial charge in [0, 0.05) is 11.6 Å². The summed E-state index contributed by atoms with van der Waals surface area (Å²) in [6.07, 6.45) is -1.39. The van der Waals surface area contributed by atoms with Gasteiger partial charge in [0.15, 0.2) is 11.9 Å². The van der Waals surface area contributed by atoms with Crippen LogP contribution in [-0.2, 0) is 4.74 Å². The number of ether oxygens (including phenoxy) is 2. The fourth-order valence-corrected chi connectivity index (χ4v) is 2.42. The lowest BCUT2D eigenvalue weighted by Crippen LogP contribution is -2.26. The Bertz CT molecular complexity index is 556. The van der Waals surface area contributed by atoms with Gasteiger partial charge >= 0.3 is 6.09 Å². The summed E-state index contributed by atoms with van der Waals surface area (Å²) in [6, 6.07) is 1.15. The molecule has 0 saturated carbocycles. The first-order chi connectivity index (χ1) is 9.99.